The Hall–Kier alpha value is -1.32. The SMILES string of the molecule is CSCC(=O)NCc1ccc(C2=NOC(c3cc(Cl)c(Cl)c(Cl)c3)(C(F)(F)F)C2)cc1Cl. The van der Waals surface area contributed by atoms with Crippen molar-refractivity contribution in [2.24, 2.45) is 5.16 Å². The van der Waals surface area contributed by atoms with Gasteiger partial charge < -0.3 is 10.2 Å². The highest BCUT2D eigenvalue weighted by Gasteiger charge is 2.62. The molecule has 1 N–H and O–H groups in total. The summed E-state index contributed by atoms with van der Waals surface area (Å²) in [6, 6.07) is 6.79. The fourth-order valence-electron chi connectivity index (χ4n) is 3.09. The summed E-state index contributed by atoms with van der Waals surface area (Å²) in [6.45, 7) is 0.190. The number of carbonyl (C=O) groups is 1. The van der Waals surface area contributed by atoms with Gasteiger partial charge in [0.05, 0.1) is 26.5 Å². The summed E-state index contributed by atoms with van der Waals surface area (Å²) in [5.41, 5.74) is -2.09. The highest BCUT2D eigenvalue weighted by atomic mass is 35.5. The van der Waals surface area contributed by atoms with Crippen molar-refractivity contribution in [1.82, 2.24) is 5.32 Å². The Morgan fingerprint density at radius 3 is 2.38 bits per heavy atom. The molecule has 1 amide bonds. The quantitative estimate of drug-likeness (QED) is 0.403. The summed E-state index contributed by atoms with van der Waals surface area (Å²) in [4.78, 5) is 16.6. The van der Waals surface area contributed by atoms with Crippen molar-refractivity contribution in [3.63, 3.8) is 0 Å². The first-order valence-electron chi connectivity index (χ1n) is 8.99. The molecule has 0 saturated carbocycles. The predicted molar refractivity (Wildman–Crippen MR) is 123 cm³/mol. The maximum Gasteiger partial charge on any atom is 0.435 e. The average Bonchev–Trinajstić information content (AvgIpc) is 3.18. The molecule has 0 fully saturated rings. The molecule has 1 unspecified atom stereocenters. The number of thioether (sulfide) groups is 1. The van der Waals surface area contributed by atoms with Gasteiger partial charge in [0.25, 0.3) is 5.60 Å². The van der Waals surface area contributed by atoms with Crippen LogP contribution in [0.5, 0.6) is 0 Å². The van der Waals surface area contributed by atoms with Gasteiger partial charge in [-0.25, -0.2) is 0 Å². The average molecular weight is 546 g/mol. The summed E-state index contributed by atoms with van der Waals surface area (Å²) in [7, 11) is 0. The highest BCUT2D eigenvalue weighted by Crippen LogP contribution is 2.50. The summed E-state index contributed by atoms with van der Waals surface area (Å²) in [5.74, 6) is 0.156. The van der Waals surface area contributed by atoms with Gasteiger partial charge in [-0.15, -0.1) is 0 Å². The highest BCUT2D eigenvalue weighted by molar-refractivity contribution is 7.99. The fraction of sp³-hybridized carbons (Fsp3) is 0.300. The largest absolute Gasteiger partial charge is 0.435 e. The molecule has 172 valence electrons. The van der Waals surface area contributed by atoms with Crippen LogP contribution in [0.2, 0.25) is 20.1 Å². The van der Waals surface area contributed by atoms with Crippen LogP contribution in [-0.2, 0) is 21.8 Å². The number of benzene rings is 2. The lowest BCUT2D eigenvalue weighted by Crippen LogP contribution is -2.42. The van der Waals surface area contributed by atoms with E-state index in [4.69, 9.17) is 51.2 Å². The molecule has 0 bridgehead atoms. The molecule has 1 atom stereocenters. The number of alkyl halides is 3. The Morgan fingerprint density at radius 2 is 1.81 bits per heavy atom. The molecule has 32 heavy (non-hydrogen) atoms. The number of hydrogen-bond acceptors (Lipinski definition) is 4. The summed E-state index contributed by atoms with van der Waals surface area (Å²) in [6.07, 6.45) is -3.65. The Labute approximate surface area is 206 Å². The number of halogens is 7. The third-order valence-electron chi connectivity index (χ3n) is 4.77. The Kier molecular flexibility index (Phi) is 7.82. The van der Waals surface area contributed by atoms with Gasteiger partial charge in [0.2, 0.25) is 5.91 Å². The molecule has 0 spiro atoms. The smallest absolute Gasteiger partial charge is 0.374 e. The minimum atomic E-state index is -4.83. The standard InChI is InChI=1S/C20H15Cl4F3N2O2S/c1-32-9-17(30)28-8-11-3-2-10(4-13(11)21)16-7-19(31-29-16,20(25,26)27)12-5-14(22)18(24)15(23)6-12/h2-6H,7-9H2,1H3,(H,28,30). The second-order valence-corrected chi connectivity index (χ2v) is 9.37. The normalized spacial score (nSPS) is 18.3. The number of amides is 1. The lowest BCUT2D eigenvalue weighted by Gasteiger charge is -2.30. The predicted octanol–water partition coefficient (Wildman–Crippen LogP) is 6.86. The molecule has 0 aliphatic carbocycles. The number of rotatable bonds is 6. The first-order chi connectivity index (χ1) is 15.0. The van der Waals surface area contributed by atoms with Gasteiger partial charge >= 0.3 is 6.18 Å². The van der Waals surface area contributed by atoms with E-state index in [9.17, 15) is 18.0 Å². The van der Waals surface area contributed by atoms with Crippen LogP contribution in [0.25, 0.3) is 0 Å². The number of nitrogens with one attached hydrogen (secondary N) is 1. The molecule has 1 heterocycles. The first kappa shape index (κ1) is 25.3. The molecular weight excluding hydrogens is 531 g/mol. The molecule has 0 radical (unpaired) electrons. The van der Waals surface area contributed by atoms with E-state index in [0.717, 1.165) is 12.1 Å². The maximum absolute atomic E-state index is 14.2. The minimum absolute atomic E-state index is 0.0457. The van der Waals surface area contributed by atoms with Crippen LogP contribution in [-0.4, -0.2) is 29.8 Å². The van der Waals surface area contributed by atoms with Gasteiger partial charge in [-0.1, -0.05) is 63.7 Å². The number of nitrogens with zero attached hydrogens (tertiary/aromatic N) is 1. The maximum atomic E-state index is 14.2. The van der Waals surface area contributed by atoms with Gasteiger partial charge in [0.1, 0.15) is 0 Å². The monoisotopic (exact) mass is 544 g/mol. The lowest BCUT2D eigenvalue weighted by atomic mass is 9.86. The van der Waals surface area contributed by atoms with Crippen molar-refractivity contribution in [2.45, 2.75) is 24.7 Å². The molecule has 3 rings (SSSR count). The van der Waals surface area contributed by atoms with Crippen molar-refractivity contribution < 1.29 is 22.8 Å². The Morgan fingerprint density at radius 1 is 1.16 bits per heavy atom. The third-order valence-corrected chi connectivity index (χ3v) is 6.87. The zero-order valence-corrected chi connectivity index (χ0v) is 20.2. The minimum Gasteiger partial charge on any atom is -0.374 e. The van der Waals surface area contributed by atoms with E-state index >= 15 is 0 Å². The second-order valence-electron chi connectivity index (χ2n) is 6.90. The first-order valence-corrected chi connectivity index (χ1v) is 11.9. The third kappa shape index (κ3) is 5.09. The van der Waals surface area contributed by atoms with Gasteiger partial charge in [-0.2, -0.15) is 24.9 Å². The molecule has 4 nitrogen and oxygen atoms in total. The topological polar surface area (TPSA) is 50.7 Å². The van der Waals surface area contributed by atoms with E-state index in [0.29, 0.717) is 16.9 Å². The Bertz CT molecular complexity index is 1060. The van der Waals surface area contributed by atoms with Crippen molar-refractivity contribution in [2.75, 3.05) is 12.0 Å². The molecule has 12 heteroatoms. The van der Waals surface area contributed by atoms with E-state index < -0.39 is 18.2 Å². The van der Waals surface area contributed by atoms with Crippen molar-refractivity contribution in [3.05, 3.63) is 67.1 Å². The zero-order valence-electron chi connectivity index (χ0n) is 16.3. The van der Waals surface area contributed by atoms with Crippen LogP contribution >= 0.6 is 58.2 Å². The van der Waals surface area contributed by atoms with E-state index in [2.05, 4.69) is 10.5 Å². The van der Waals surface area contributed by atoms with E-state index in [1.54, 1.807) is 18.4 Å². The molecule has 0 aromatic heterocycles. The summed E-state index contributed by atoms with van der Waals surface area (Å²) >= 11 is 25.4. The fourth-order valence-corrected chi connectivity index (χ4v) is 4.30. The van der Waals surface area contributed by atoms with Crippen LogP contribution < -0.4 is 5.32 Å². The number of hydrogen-bond donors (Lipinski definition) is 1. The van der Waals surface area contributed by atoms with Crippen molar-refractivity contribution in [3.8, 4) is 0 Å². The van der Waals surface area contributed by atoms with Crippen LogP contribution in [0, 0.1) is 0 Å². The van der Waals surface area contributed by atoms with E-state index in [1.165, 1.54) is 17.8 Å². The van der Waals surface area contributed by atoms with Crippen molar-refractivity contribution in [1.29, 1.82) is 0 Å². The van der Waals surface area contributed by atoms with Crippen LogP contribution in [0.15, 0.2) is 35.5 Å². The van der Waals surface area contributed by atoms with Gasteiger partial charge in [-0.05, 0) is 30.0 Å². The Balaban J connectivity index is 1.87. The molecule has 1 aliphatic rings. The molecular formula is C20H15Cl4F3N2O2S. The molecule has 0 saturated heterocycles. The number of oxime groups is 1. The molecule has 1 aliphatic heterocycles. The van der Waals surface area contributed by atoms with Gasteiger partial charge in [0, 0.05) is 29.1 Å². The summed E-state index contributed by atoms with van der Waals surface area (Å²) in [5, 5.41) is 6.37. The van der Waals surface area contributed by atoms with Gasteiger partial charge in [-0.3, -0.25) is 4.79 Å². The number of carbonyl (C=O) groups excluding carboxylic acids is 1. The second kappa shape index (κ2) is 9.89. The van der Waals surface area contributed by atoms with Crippen molar-refractivity contribution >= 4 is 69.8 Å². The zero-order chi connectivity index (χ0) is 23.7. The van der Waals surface area contributed by atoms with Crippen LogP contribution in [0.1, 0.15) is 23.1 Å². The van der Waals surface area contributed by atoms with Crippen LogP contribution in [0.4, 0.5) is 13.2 Å². The molecule has 2 aromatic rings. The van der Waals surface area contributed by atoms with Crippen LogP contribution in [0.3, 0.4) is 0 Å². The van der Waals surface area contributed by atoms with E-state index in [1.807, 2.05) is 0 Å². The lowest BCUT2D eigenvalue weighted by molar-refractivity contribution is -0.275. The summed E-state index contributed by atoms with van der Waals surface area (Å²) < 4.78 is 42.5. The van der Waals surface area contributed by atoms with Gasteiger partial charge in [0.15, 0.2) is 0 Å². The molecule has 2 aromatic carbocycles. The van der Waals surface area contributed by atoms with E-state index in [-0.39, 0.29) is 43.8 Å².